The molecule has 5 N–H and O–H groups in total. The molecule has 160 valence electrons. The molecule has 10 heteroatoms. The number of ether oxygens (including phenoxy) is 1. The number of nitrogens with two attached hydrogens (primary N) is 1. The molecule has 2 atom stereocenters. The summed E-state index contributed by atoms with van der Waals surface area (Å²) in [6.07, 6.45) is 5.42. The number of primary amides is 1. The van der Waals surface area contributed by atoms with Gasteiger partial charge in [0.2, 0.25) is 17.8 Å². The van der Waals surface area contributed by atoms with E-state index in [2.05, 4.69) is 25.9 Å². The first-order valence-electron chi connectivity index (χ1n) is 9.68. The predicted molar refractivity (Wildman–Crippen MR) is 115 cm³/mol. The minimum atomic E-state index is -0.546. The minimum Gasteiger partial charge on any atom is -0.495 e. The van der Waals surface area contributed by atoms with E-state index in [1.807, 2.05) is 0 Å². The zero-order valence-electron chi connectivity index (χ0n) is 16.9. The van der Waals surface area contributed by atoms with Crippen LogP contribution in [0.4, 0.5) is 17.5 Å². The van der Waals surface area contributed by atoms with Gasteiger partial charge in [-0.2, -0.15) is 4.98 Å². The average molecular weight is 433 g/mol. The van der Waals surface area contributed by atoms with Crippen molar-refractivity contribution in [3.63, 3.8) is 0 Å². The highest BCUT2D eigenvalue weighted by molar-refractivity contribution is 6.32. The number of amides is 2. The lowest BCUT2D eigenvalue weighted by Crippen LogP contribution is -2.48. The Balaban J connectivity index is 1.80. The summed E-state index contributed by atoms with van der Waals surface area (Å²) in [5.41, 5.74) is 6.22. The molecule has 0 unspecified atom stereocenters. The molecule has 0 aliphatic heterocycles. The van der Waals surface area contributed by atoms with Crippen molar-refractivity contribution < 1.29 is 14.3 Å². The van der Waals surface area contributed by atoms with Crippen LogP contribution in [-0.4, -0.2) is 41.0 Å². The van der Waals surface area contributed by atoms with Crippen LogP contribution in [0.15, 0.2) is 24.4 Å². The van der Waals surface area contributed by atoms with Gasteiger partial charge in [-0.05, 0) is 31.0 Å². The molecular weight excluding hydrogens is 408 g/mol. The van der Waals surface area contributed by atoms with E-state index in [4.69, 9.17) is 22.1 Å². The van der Waals surface area contributed by atoms with Gasteiger partial charge in [0.05, 0.1) is 19.0 Å². The van der Waals surface area contributed by atoms with Gasteiger partial charge in [-0.3, -0.25) is 9.59 Å². The maximum Gasteiger partial charge on any atom is 0.248 e. The molecule has 1 fully saturated rings. The molecule has 1 heterocycles. The van der Waals surface area contributed by atoms with Crippen molar-refractivity contribution in [3.8, 4) is 5.75 Å². The lowest BCUT2D eigenvalue weighted by molar-refractivity contribution is -0.119. The van der Waals surface area contributed by atoms with Gasteiger partial charge in [0.1, 0.15) is 10.8 Å². The summed E-state index contributed by atoms with van der Waals surface area (Å²) in [5.74, 6) is 0.604. The third kappa shape index (κ3) is 5.29. The zero-order valence-corrected chi connectivity index (χ0v) is 17.6. The summed E-state index contributed by atoms with van der Waals surface area (Å²) in [5, 5.41) is 9.80. The highest BCUT2D eigenvalue weighted by Crippen LogP contribution is 2.30. The number of halogens is 1. The summed E-state index contributed by atoms with van der Waals surface area (Å²) >= 11 is 6.31. The number of aromatic nitrogens is 2. The van der Waals surface area contributed by atoms with Crippen LogP contribution in [0, 0.1) is 0 Å². The predicted octanol–water partition coefficient (Wildman–Crippen LogP) is 2.84. The molecule has 1 aliphatic rings. The van der Waals surface area contributed by atoms with Crippen LogP contribution >= 0.6 is 11.6 Å². The number of nitrogens with zero attached hydrogens (tertiary/aromatic N) is 2. The first-order chi connectivity index (χ1) is 14.4. The smallest absolute Gasteiger partial charge is 0.248 e. The molecule has 2 amide bonds. The maximum absolute atomic E-state index is 11.5. The molecule has 30 heavy (non-hydrogen) atoms. The number of anilines is 3. The first kappa shape index (κ1) is 21.6. The minimum absolute atomic E-state index is 0.0140. The van der Waals surface area contributed by atoms with Gasteiger partial charge >= 0.3 is 0 Å². The summed E-state index contributed by atoms with van der Waals surface area (Å²) in [7, 11) is 1.49. The maximum atomic E-state index is 11.5. The Kier molecular flexibility index (Phi) is 6.94. The fraction of sp³-hybridized carbons (Fsp3) is 0.400. The number of carbonyl (C=O) groups is 2. The van der Waals surface area contributed by atoms with Gasteiger partial charge in [-0.25, -0.2) is 4.98 Å². The van der Waals surface area contributed by atoms with Crippen LogP contribution in [-0.2, 0) is 4.79 Å². The van der Waals surface area contributed by atoms with E-state index in [0.29, 0.717) is 33.8 Å². The summed E-state index contributed by atoms with van der Waals surface area (Å²) in [4.78, 5) is 31.6. The topological polar surface area (TPSA) is 131 Å². The average Bonchev–Trinajstić information content (AvgIpc) is 2.71. The first-order valence-corrected chi connectivity index (χ1v) is 10.1. The van der Waals surface area contributed by atoms with Crippen LogP contribution < -0.4 is 26.4 Å². The lowest BCUT2D eigenvalue weighted by atomic mass is 9.90. The Bertz CT molecular complexity index is 939. The van der Waals surface area contributed by atoms with E-state index >= 15 is 0 Å². The van der Waals surface area contributed by atoms with Crippen LogP contribution in [0.5, 0.6) is 5.75 Å². The van der Waals surface area contributed by atoms with E-state index < -0.39 is 5.91 Å². The fourth-order valence-electron chi connectivity index (χ4n) is 3.51. The van der Waals surface area contributed by atoms with Gasteiger partial charge in [-0.1, -0.05) is 24.4 Å². The Morgan fingerprint density at radius 2 is 1.97 bits per heavy atom. The van der Waals surface area contributed by atoms with E-state index in [9.17, 15) is 9.59 Å². The molecule has 0 spiro atoms. The van der Waals surface area contributed by atoms with Crippen LogP contribution in [0.25, 0.3) is 0 Å². The molecule has 1 aromatic carbocycles. The normalized spacial score (nSPS) is 18.4. The largest absolute Gasteiger partial charge is 0.495 e. The van der Waals surface area contributed by atoms with Gasteiger partial charge in [0.25, 0.3) is 0 Å². The third-order valence-corrected chi connectivity index (χ3v) is 5.23. The fourth-order valence-corrected chi connectivity index (χ4v) is 3.66. The van der Waals surface area contributed by atoms with E-state index in [1.165, 1.54) is 20.2 Å². The Morgan fingerprint density at radius 3 is 2.63 bits per heavy atom. The number of rotatable bonds is 7. The van der Waals surface area contributed by atoms with Crippen molar-refractivity contribution in [1.29, 1.82) is 0 Å². The Hall–Kier alpha value is -3.07. The molecule has 3 rings (SSSR count). The highest BCUT2D eigenvalue weighted by atomic mass is 35.5. The number of hydrogen-bond donors (Lipinski definition) is 4. The van der Waals surface area contributed by atoms with E-state index in [1.54, 1.807) is 18.2 Å². The van der Waals surface area contributed by atoms with Crippen LogP contribution in [0.1, 0.15) is 43.0 Å². The zero-order chi connectivity index (χ0) is 21.7. The third-order valence-electron chi connectivity index (χ3n) is 4.95. The second-order valence-electron chi connectivity index (χ2n) is 7.14. The SMILES string of the molecule is COc1cc(C(N)=O)ccc1Nc1ncc(Cl)c(N[C@@H]2CCCC[C@H]2NC(C)=O)n1. The van der Waals surface area contributed by atoms with Gasteiger partial charge < -0.3 is 26.4 Å². The van der Waals surface area contributed by atoms with E-state index in [0.717, 1.165) is 25.7 Å². The van der Waals surface area contributed by atoms with Crippen LogP contribution in [0.2, 0.25) is 5.02 Å². The molecule has 0 saturated heterocycles. The quantitative estimate of drug-likeness (QED) is 0.529. The van der Waals surface area contributed by atoms with Crippen LogP contribution in [0.3, 0.4) is 0 Å². The van der Waals surface area contributed by atoms with Crippen molar-refractivity contribution >= 4 is 40.9 Å². The summed E-state index contributed by atoms with van der Waals surface area (Å²) in [6, 6.07) is 4.83. The molecule has 1 aromatic heterocycles. The molecular formula is C20H25ClN6O3. The van der Waals surface area contributed by atoms with Crippen molar-refractivity contribution in [2.75, 3.05) is 17.7 Å². The molecule has 1 saturated carbocycles. The standard InChI is InChI=1S/C20H25ClN6O3/c1-11(28)24-14-5-3-4-6-15(14)25-19-13(21)10-23-20(27-19)26-16-8-7-12(18(22)29)9-17(16)30-2/h7-10,14-15H,3-6H2,1-2H3,(H2,22,29)(H,24,28)(H2,23,25,26,27)/t14-,15-/m1/s1. The van der Waals surface area contributed by atoms with Crippen molar-refractivity contribution in [2.24, 2.45) is 5.73 Å². The number of hydrogen-bond acceptors (Lipinski definition) is 7. The summed E-state index contributed by atoms with van der Waals surface area (Å²) in [6.45, 7) is 1.52. The Morgan fingerprint density at radius 1 is 1.23 bits per heavy atom. The van der Waals surface area contributed by atoms with Crippen molar-refractivity contribution in [2.45, 2.75) is 44.7 Å². The number of carbonyl (C=O) groups excluding carboxylic acids is 2. The van der Waals surface area contributed by atoms with E-state index in [-0.39, 0.29) is 18.0 Å². The number of methoxy groups -OCH3 is 1. The molecule has 0 bridgehead atoms. The van der Waals surface area contributed by atoms with Crippen molar-refractivity contribution in [1.82, 2.24) is 15.3 Å². The lowest BCUT2D eigenvalue weighted by Gasteiger charge is -2.33. The summed E-state index contributed by atoms with van der Waals surface area (Å²) < 4.78 is 5.33. The molecule has 9 nitrogen and oxygen atoms in total. The highest BCUT2D eigenvalue weighted by Gasteiger charge is 2.26. The van der Waals surface area contributed by atoms with Crippen molar-refractivity contribution in [3.05, 3.63) is 35.0 Å². The second kappa shape index (κ2) is 9.62. The van der Waals surface area contributed by atoms with Gasteiger partial charge in [0, 0.05) is 24.6 Å². The van der Waals surface area contributed by atoms with Gasteiger partial charge in [-0.15, -0.1) is 0 Å². The second-order valence-corrected chi connectivity index (χ2v) is 7.54. The molecule has 2 aromatic rings. The monoisotopic (exact) mass is 432 g/mol. The molecule has 0 radical (unpaired) electrons. The Labute approximate surface area is 179 Å². The number of benzene rings is 1. The van der Waals surface area contributed by atoms with Gasteiger partial charge in [0.15, 0.2) is 5.82 Å². The molecule has 1 aliphatic carbocycles. The number of nitrogens with one attached hydrogen (secondary N) is 3.